The van der Waals surface area contributed by atoms with E-state index in [1.165, 1.54) is 11.1 Å². The van der Waals surface area contributed by atoms with Gasteiger partial charge >= 0.3 is 0 Å². The van der Waals surface area contributed by atoms with Crippen LogP contribution in [0.1, 0.15) is 30.9 Å². The number of fused-ring (bicyclic) bond motifs is 1. The summed E-state index contributed by atoms with van der Waals surface area (Å²) in [5.41, 5.74) is 2.19. The largest absolute Gasteiger partial charge is 0.389 e. The second kappa shape index (κ2) is 6.54. The molecule has 0 bridgehead atoms. The van der Waals surface area contributed by atoms with Crippen LogP contribution in [0.3, 0.4) is 0 Å². The molecular formula is C22H26FNO. The van der Waals surface area contributed by atoms with Gasteiger partial charge in [-0.1, -0.05) is 67.6 Å². The number of hydrogen-bond donors (Lipinski definition) is 1. The average molecular weight is 339 g/mol. The highest BCUT2D eigenvalue weighted by molar-refractivity contribution is 5.24. The Hall–Kier alpha value is -1.71. The first-order valence-corrected chi connectivity index (χ1v) is 9.30. The molecule has 0 saturated heterocycles. The van der Waals surface area contributed by atoms with Crippen LogP contribution >= 0.6 is 0 Å². The standard InChI is InChI=1S/C22H26FNO/c1-2-22-13-18(22)20(19(23)21(22)25)24(14-16-9-5-3-6-10-16)15-17-11-7-4-8-12-17/h3-12,18-21,25H,2,13-15H2,1H3/t18-,19+,20-,21-,22-/m1/s1. The Morgan fingerprint density at radius 3 is 1.96 bits per heavy atom. The van der Waals surface area contributed by atoms with E-state index in [2.05, 4.69) is 36.1 Å². The van der Waals surface area contributed by atoms with Crippen molar-refractivity contribution in [2.45, 2.75) is 51.2 Å². The molecule has 0 spiro atoms. The number of rotatable bonds is 6. The van der Waals surface area contributed by atoms with E-state index in [0.29, 0.717) is 13.1 Å². The van der Waals surface area contributed by atoms with Crippen LogP contribution in [0.2, 0.25) is 0 Å². The van der Waals surface area contributed by atoms with Crippen molar-refractivity contribution in [1.29, 1.82) is 0 Å². The van der Waals surface area contributed by atoms with Crippen LogP contribution in [0.15, 0.2) is 60.7 Å². The van der Waals surface area contributed by atoms with Gasteiger partial charge in [0, 0.05) is 24.5 Å². The molecule has 2 aliphatic rings. The number of aliphatic hydroxyl groups excluding tert-OH is 1. The van der Waals surface area contributed by atoms with Gasteiger partial charge in [0.2, 0.25) is 0 Å². The van der Waals surface area contributed by atoms with E-state index in [9.17, 15) is 5.11 Å². The average Bonchev–Trinajstić information content (AvgIpc) is 3.33. The highest BCUT2D eigenvalue weighted by Crippen LogP contribution is 2.67. The summed E-state index contributed by atoms with van der Waals surface area (Å²) >= 11 is 0. The highest BCUT2D eigenvalue weighted by atomic mass is 19.1. The molecule has 2 aliphatic carbocycles. The van der Waals surface area contributed by atoms with Gasteiger partial charge in [-0.15, -0.1) is 0 Å². The van der Waals surface area contributed by atoms with E-state index in [1.54, 1.807) is 0 Å². The van der Waals surface area contributed by atoms with Crippen LogP contribution in [0.25, 0.3) is 0 Å². The summed E-state index contributed by atoms with van der Waals surface area (Å²) in [6.45, 7) is 3.50. The Bertz CT molecular complexity index is 665. The summed E-state index contributed by atoms with van der Waals surface area (Å²) in [5.74, 6) is 0.273. The van der Waals surface area contributed by atoms with Crippen molar-refractivity contribution in [3.05, 3.63) is 71.8 Å². The lowest BCUT2D eigenvalue weighted by Crippen LogP contribution is -2.43. The Morgan fingerprint density at radius 2 is 1.52 bits per heavy atom. The lowest BCUT2D eigenvalue weighted by Gasteiger charge is -2.32. The normalized spacial score (nSPS) is 33.4. The Labute approximate surface area is 149 Å². The molecule has 0 aliphatic heterocycles. The smallest absolute Gasteiger partial charge is 0.142 e. The fourth-order valence-electron chi connectivity index (χ4n) is 4.85. The van der Waals surface area contributed by atoms with Gasteiger partial charge in [-0.2, -0.15) is 0 Å². The zero-order valence-corrected chi connectivity index (χ0v) is 14.7. The maximum atomic E-state index is 15.1. The zero-order chi connectivity index (χ0) is 17.4. The van der Waals surface area contributed by atoms with Crippen LogP contribution in [-0.4, -0.2) is 28.3 Å². The molecule has 0 amide bonds. The maximum absolute atomic E-state index is 15.1. The van der Waals surface area contributed by atoms with Crippen molar-refractivity contribution in [2.24, 2.45) is 11.3 Å². The fraction of sp³-hybridized carbons (Fsp3) is 0.455. The predicted molar refractivity (Wildman–Crippen MR) is 97.7 cm³/mol. The topological polar surface area (TPSA) is 23.5 Å². The van der Waals surface area contributed by atoms with Gasteiger partial charge in [-0.05, 0) is 29.9 Å². The second-order valence-corrected chi connectivity index (χ2v) is 7.65. The number of halogens is 1. The molecule has 4 rings (SSSR count). The van der Waals surface area contributed by atoms with E-state index >= 15 is 4.39 Å². The Kier molecular flexibility index (Phi) is 4.38. The molecule has 3 heteroatoms. The molecule has 2 aromatic rings. The minimum Gasteiger partial charge on any atom is -0.389 e. The van der Waals surface area contributed by atoms with E-state index in [-0.39, 0.29) is 17.4 Å². The Morgan fingerprint density at radius 1 is 1.00 bits per heavy atom. The molecule has 2 saturated carbocycles. The van der Waals surface area contributed by atoms with Crippen molar-refractivity contribution in [1.82, 2.24) is 4.90 Å². The lowest BCUT2D eigenvalue weighted by atomic mass is 9.97. The SMILES string of the molecule is CC[C@@]12C[C@@H]1[C@@H](N(Cc1ccccc1)Cc1ccccc1)[C@H](F)[C@H]2O. The molecule has 2 fully saturated rings. The predicted octanol–water partition coefficient (Wildman–Crippen LogP) is 4.19. The number of aliphatic hydroxyl groups is 1. The van der Waals surface area contributed by atoms with Gasteiger partial charge in [0.1, 0.15) is 6.17 Å². The highest BCUT2D eigenvalue weighted by Gasteiger charge is 2.71. The quantitative estimate of drug-likeness (QED) is 0.853. The lowest BCUT2D eigenvalue weighted by molar-refractivity contribution is 0.00783. The summed E-state index contributed by atoms with van der Waals surface area (Å²) in [5, 5.41) is 10.5. The monoisotopic (exact) mass is 339 g/mol. The molecule has 0 aromatic heterocycles. The van der Waals surface area contributed by atoms with Gasteiger partial charge in [0.25, 0.3) is 0 Å². The molecule has 0 heterocycles. The third-order valence-electron chi connectivity index (χ3n) is 6.34. The van der Waals surface area contributed by atoms with Crippen molar-refractivity contribution >= 4 is 0 Å². The minimum absolute atomic E-state index is 0.185. The fourth-order valence-corrected chi connectivity index (χ4v) is 4.85. The molecule has 2 nitrogen and oxygen atoms in total. The van der Waals surface area contributed by atoms with Crippen LogP contribution in [0, 0.1) is 11.3 Å². The molecule has 2 aromatic carbocycles. The third kappa shape index (κ3) is 2.90. The van der Waals surface area contributed by atoms with Crippen molar-refractivity contribution in [2.75, 3.05) is 0 Å². The molecule has 5 atom stereocenters. The summed E-state index contributed by atoms with van der Waals surface area (Å²) in [7, 11) is 0. The molecule has 132 valence electrons. The molecular weight excluding hydrogens is 313 g/mol. The molecule has 0 unspecified atom stereocenters. The second-order valence-electron chi connectivity index (χ2n) is 7.65. The summed E-state index contributed by atoms with van der Waals surface area (Å²) < 4.78 is 15.1. The van der Waals surface area contributed by atoms with Crippen LogP contribution in [0.5, 0.6) is 0 Å². The van der Waals surface area contributed by atoms with Crippen molar-refractivity contribution in [3.8, 4) is 0 Å². The minimum atomic E-state index is -1.16. The van der Waals surface area contributed by atoms with Gasteiger partial charge in [-0.25, -0.2) is 4.39 Å². The summed E-state index contributed by atoms with van der Waals surface area (Å²) in [4.78, 5) is 2.24. The van der Waals surface area contributed by atoms with E-state index in [4.69, 9.17) is 0 Å². The third-order valence-corrected chi connectivity index (χ3v) is 6.34. The van der Waals surface area contributed by atoms with E-state index < -0.39 is 12.3 Å². The summed E-state index contributed by atoms with van der Waals surface area (Å²) in [6.07, 6.45) is -0.163. The zero-order valence-electron chi connectivity index (χ0n) is 14.7. The van der Waals surface area contributed by atoms with Crippen LogP contribution < -0.4 is 0 Å². The number of hydrogen-bond acceptors (Lipinski definition) is 2. The first-order valence-electron chi connectivity index (χ1n) is 9.30. The van der Waals surface area contributed by atoms with Gasteiger partial charge < -0.3 is 5.11 Å². The van der Waals surface area contributed by atoms with Gasteiger partial charge in [0.15, 0.2) is 0 Å². The van der Waals surface area contributed by atoms with Crippen molar-refractivity contribution in [3.63, 3.8) is 0 Å². The van der Waals surface area contributed by atoms with E-state index in [1.807, 2.05) is 36.4 Å². The Balaban J connectivity index is 1.61. The number of benzene rings is 2. The summed E-state index contributed by atoms with van der Waals surface area (Å²) in [6, 6.07) is 20.3. The first-order chi connectivity index (χ1) is 12.2. The number of alkyl halides is 1. The van der Waals surface area contributed by atoms with Gasteiger partial charge in [0.05, 0.1) is 6.10 Å². The molecule has 1 N–H and O–H groups in total. The molecule has 25 heavy (non-hydrogen) atoms. The van der Waals surface area contributed by atoms with Gasteiger partial charge in [-0.3, -0.25) is 4.90 Å². The van der Waals surface area contributed by atoms with Crippen LogP contribution in [0.4, 0.5) is 4.39 Å². The van der Waals surface area contributed by atoms with Crippen LogP contribution in [-0.2, 0) is 13.1 Å². The maximum Gasteiger partial charge on any atom is 0.142 e. The number of nitrogens with zero attached hydrogens (tertiary/aromatic N) is 1. The first kappa shape index (κ1) is 16.7. The van der Waals surface area contributed by atoms with E-state index in [0.717, 1.165) is 12.8 Å². The van der Waals surface area contributed by atoms with Crippen molar-refractivity contribution < 1.29 is 9.50 Å². The molecule has 0 radical (unpaired) electrons.